The molecule has 0 atom stereocenters. The Morgan fingerprint density at radius 2 is 1.67 bits per heavy atom. The van der Waals surface area contributed by atoms with Gasteiger partial charge in [0.15, 0.2) is 0 Å². The molecule has 2 N–H and O–H groups in total. The highest BCUT2D eigenvalue weighted by atomic mass is 16.4. The van der Waals surface area contributed by atoms with Gasteiger partial charge >= 0.3 is 5.97 Å². The number of rotatable bonds is 9. The van der Waals surface area contributed by atoms with E-state index in [1.807, 2.05) is 6.07 Å². The molecule has 2 aliphatic rings. The Kier molecular flexibility index (Phi) is 5.55. The average molecular weight is 364 g/mol. The normalized spacial score (nSPS) is 21.8. The molecule has 0 aliphatic heterocycles. The van der Waals surface area contributed by atoms with Gasteiger partial charge in [-0.2, -0.15) is 0 Å². The van der Waals surface area contributed by atoms with Crippen LogP contribution in [0.25, 0.3) is 11.1 Å². The summed E-state index contributed by atoms with van der Waals surface area (Å²) >= 11 is 0. The number of hydrogen-bond acceptors (Lipinski definition) is 3. The third kappa shape index (κ3) is 4.96. The summed E-state index contributed by atoms with van der Waals surface area (Å²) in [5, 5.41) is 12.8. The van der Waals surface area contributed by atoms with Gasteiger partial charge in [-0.3, -0.25) is 9.69 Å². The molecule has 4 nitrogen and oxygen atoms in total. The van der Waals surface area contributed by atoms with E-state index >= 15 is 0 Å². The maximum Gasteiger partial charge on any atom is 0.317 e. The average Bonchev–Trinajstić information content (AvgIpc) is 3.45. The number of aliphatic carboxylic acids is 1. The predicted molar refractivity (Wildman–Crippen MR) is 107 cm³/mol. The molecule has 2 aromatic carbocycles. The van der Waals surface area contributed by atoms with E-state index in [-0.39, 0.29) is 6.54 Å². The molecule has 4 rings (SSSR count). The highest BCUT2D eigenvalue weighted by molar-refractivity contribution is 5.69. The number of nitrogens with zero attached hydrogens (tertiary/aromatic N) is 1. The van der Waals surface area contributed by atoms with Crippen LogP contribution in [-0.2, 0) is 11.3 Å². The van der Waals surface area contributed by atoms with Gasteiger partial charge in [-0.15, -0.1) is 0 Å². The van der Waals surface area contributed by atoms with Crippen molar-refractivity contribution >= 4 is 5.97 Å². The Morgan fingerprint density at radius 3 is 2.30 bits per heavy atom. The molecule has 0 saturated heterocycles. The lowest BCUT2D eigenvalue weighted by Crippen LogP contribution is -2.54. The second-order valence-corrected chi connectivity index (χ2v) is 8.03. The molecule has 2 fully saturated rings. The minimum absolute atomic E-state index is 0.189. The third-order valence-corrected chi connectivity index (χ3v) is 5.81. The fourth-order valence-electron chi connectivity index (χ4n) is 3.91. The minimum Gasteiger partial charge on any atom is -0.480 e. The van der Waals surface area contributed by atoms with Crippen molar-refractivity contribution in [2.24, 2.45) is 5.92 Å². The molecule has 0 bridgehead atoms. The Morgan fingerprint density at radius 1 is 1.00 bits per heavy atom. The maximum atomic E-state index is 11.1. The van der Waals surface area contributed by atoms with Crippen LogP contribution in [0.5, 0.6) is 0 Å². The van der Waals surface area contributed by atoms with Crippen LogP contribution in [0.15, 0.2) is 54.6 Å². The van der Waals surface area contributed by atoms with E-state index in [1.165, 1.54) is 29.5 Å². The van der Waals surface area contributed by atoms with Crippen molar-refractivity contribution in [2.75, 3.05) is 13.1 Å². The lowest BCUT2D eigenvalue weighted by Gasteiger charge is -2.43. The SMILES string of the molecule is O=C(O)CN(CC1CC1)C1CC(NCc2ccc(-c3ccccc3)cc2)C1. The van der Waals surface area contributed by atoms with Crippen molar-refractivity contribution in [2.45, 2.75) is 44.3 Å². The highest BCUT2D eigenvalue weighted by Crippen LogP contribution is 2.33. The van der Waals surface area contributed by atoms with Gasteiger partial charge in [0.05, 0.1) is 6.54 Å². The van der Waals surface area contributed by atoms with Crippen molar-refractivity contribution in [3.8, 4) is 11.1 Å². The molecule has 2 aliphatic carbocycles. The number of carbonyl (C=O) groups is 1. The van der Waals surface area contributed by atoms with Crippen molar-refractivity contribution in [3.63, 3.8) is 0 Å². The highest BCUT2D eigenvalue weighted by Gasteiger charge is 2.36. The van der Waals surface area contributed by atoms with Gasteiger partial charge in [-0.1, -0.05) is 54.6 Å². The molecule has 4 heteroatoms. The van der Waals surface area contributed by atoms with E-state index in [4.69, 9.17) is 5.11 Å². The molecule has 142 valence electrons. The number of carboxylic acids is 1. The summed E-state index contributed by atoms with van der Waals surface area (Å²) in [4.78, 5) is 13.3. The van der Waals surface area contributed by atoms with Crippen LogP contribution < -0.4 is 5.32 Å². The first-order valence-electron chi connectivity index (χ1n) is 10.0. The molecule has 0 radical (unpaired) electrons. The second-order valence-electron chi connectivity index (χ2n) is 8.03. The fraction of sp³-hybridized carbons (Fsp3) is 0.435. The summed E-state index contributed by atoms with van der Waals surface area (Å²) < 4.78 is 0. The van der Waals surface area contributed by atoms with Crippen LogP contribution in [0.1, 0.15) is 31.2 Å². The van der Waals surface area contributed by atoms with Gasteiger partial charge < -0.3 is 10.4 Å². The van der Waals surface area contributed by atoms with Crippen LogP contribution in [0.4, 0.5) is 0 Å². The number of hydrogen-bond donors (Lipinski definition) is 2. The van der Waals surface area contributed by atoms with Crippen molar-refractivity contribution in [1.82, 2.24) is 10.2 Å². The number of carboxylic acid groups (broad SMARTS) is 1. The van der Waals surface area contributed by atoms with Gasteiger partial charge in [0.1, 0.15) is 0 Å². The van der Waals surface area contributed by atoms with E-state index in [9.17, 15) is 4.79 Å². The van der Waals surface area contributed by atoms with Crippen LogP contribution >= 0.6 is 0 Å². The zero-order valence-electron chi connectivity index (χ0n) is 15.7. The minimum atomic E-state index is -0.703. The molecule has 2 aromatic rings. The van der Waals surface area contributed by atoms with E-state index in [1.54, 1.807) is 0 Å². The Labute approximate surface area is 161 Å². The van der Waals surface area contributed by atoms with Gasteiger partial charge in [0.2, 0.25) is 0 Å². The van der Waals surface area contributed by atoms with Gasteiger partial charge in [0.25, 0.3) is 0 Å². The van der Waals surface area contributed by atoms with Gasteiger partial charge in [-0.25, -0.2) is 0 Å². The number of nitrogens with one attached hydrogen (secondary N) is 1. The third-order valence-electron chi connectivity index (χ3n) is 5.81. The van der Waals surface area contributed by atoms with Gasteiger partial charge in [-0.05, 0) is 48.3 Å². The van der Waals surface area contributed by atoms with E-state index in [2.05, 4.69) is 58.7 Å². The van der Waals surface area contributed by atoms with Crippen LogP contribution in [0.2, 0.25) is 0 Å². The Bertz CT molecular complexity index is 750. The number of benzene rings is 2. The molecular weight excluding hydrogens is 336 g/mol. The second kappa shape index (κ2) is 8.24. The fourth-order valence-corrected chi connectivity index (χ4v) is 3.91. The van der Waals surface area contributed by atoms with Crippen molar-refractivity contribution in [3.05, 3.63) is 60.2 Å². The summed E-state index contributed by atoms with van der Waals surface area (Å²) in [5.41, 5.74) is 3.78. The predicted octanol–water partition coefficient (Wildman–Crippen LogP) is 3.77. The maximum absolute atomic E-state index is 11.1. The zero-order valence-corrected chi connectivity index (χ0v) is 15.7. The molecule has 0 heterocycles. The molecule has 0 aromatic heterocycles. The summed E-state index contributed by atoms with van der Waals surface area (Å²) in [7, 11) is 0. The van der Waals surface area contributed by atoms with E-state index in [0.717, 1.165) is 31.8 Å². The molecule has 0 unspecified atom stereocenters. The van der Waals surface area contributed by atoms with E-state index < -0.39 is 5.97 Å². The van der Waals surface area contributed by atoms with Crippen LogP contribution in [-0.4, -0.2) is 41.1 Å². The topological polar surface area (TPSA) is 52.6 Å². The lowest BCUT2D eigenvalue weighted by atomic mass is 9.85. The molecule has 27 heavy (non-hydrogen) atoms. The quantitative estimate of drug-likeness (QED) is 0.711. The molecule has 2 saturated carbocycles. The molecule has 0 spiro atoms. The summed E-state index contributed by atoms with van der Waals surface area (Å²) in [6.45, 7) is 2.02. The first-order chi connectivity index (χ1) is 13.2. The standard InChI is InChI=1S/C23H28N2O2/c26-23(27)16-25(15-18-6-7-18)22-12-21(13-22)24-14-17-8-10-20(11-9-17)19-4-2-1-3-5-19/h1-5,8-11,18,21-22,24H,6-7,12-16H2,(H,26,27). The molecule has 0 amide bonds. The summed E-state index contributed by atoms with van der Waals surface area (Å²) in [6, 6.07) is 20.1. The lowest BCUT2D eigenvalue weighted by molar-refractivity contribution is -0.139. The Balaban J connectivity index is 1.23. The first-order valence-corrected chi connectivity index (χ1v) is 10.0. The summed E-state index contributed by atoms with van der Waals surface area (Å²) in [5.74, 6) is 0.0325. The summed E-state index contributed by atoms with van der Waals surface area (Å²) in [6.07, 6.45) is 4.65. The monoisotopic (exact) mass is 364 g/mol. The van der Waals surface area contributed by atoms with Crippen molar-refractivity contribution < 1.29 is 9.90 Å². The largest absolute Gasteiger partial charge is 0.480 e. The molecular formula is C23H28N2O2. The van der Waals surface area contributed by atoms with E-state index in [0.29, 0.717) is 12.1 Å². The Hall–Kier alpha value is -2.17. The van der Waals surface area contributed by atoms with Crippen LogP contribution in [0.3, 0.4) is 0 Å². The first kappa shape index (κ1) is 18.2. The zero-order chi connectivity index (χ0) is 18.6. The van der Waals surface area contributed by atoms with Crippen LogP contribution in [0, 0.1) is 5.92 Å². The smallest absolute Gasteiger partial charge is 0.317 e. The van der Waals surface area contributed by atoms with Crippen molar-refractivity contribution in [1.29, 1.82) is 0 Å². The van der Waals surface area contributed by atoms with Gasteiger partial charge in [0, 0.05) is 25.2 Å².